The lowest BCUT2D eigenvalue weighted by Gasteiger charge is -2.18. The molecule has 0 aliphatic heterocycles. The molecule has 2 rings (SSSR count). The van der Waals surface area contributed by atoms with Gasteiger partial charge in [-0.3, -0.25) is 0 Å². The Labute approximate surface area is 131 Å². The molecule has 1 heterocycles. The summed E-state index contributed by atoms with van der Waals surface area (Å²) in [5.74, 6) is 1.87. The van der Waals surface area contributed by atoms with E-state index in [1.54, 1.807) is 11.8 Å². The van der Waals surface area contributed by atoms with Crippen LogP contribution in [0, 0.1) is 0 Å². The van der Waals surface area contributed by atoms with Crippen LogP contribution < -0.4 is 5.73 Å². The van der Waals surface area contributed by atoms with E-state index in [0.29, 0.717) is 17.5 Å². The van der Waals surface area contributed by atoms with E-state index in [1.807, 2.05) is 19.1 Å². The van der Waals surface area contributed by atoms with Gasteiger partial charge in [0.15, 0.2) is 5.82 Å². The molecule has 0 amide bonds. The summed E-state index contributed by atoms with van der Waals surface area (Å²) >= 11 is 5.09. The molecule has 108 valence electrons. The molecule has 0 saturated heterocycles. The van der Waals surface area contributed by atoms with Crippen molar-refractivity contribution >= 4 is 27.7 Å². The molecule has 0 spiro atoms. The molecule has 1 aromatic heterocycles. The van der Waals surface area contributed by atoms with E-state index in [2.05, 4.69) is 45.1 Å². The number of aromatic nitrogens is 2. The van der Waals surface area contributed by atoms with Crippen molar-refractivity contribution in [3.63, 3.8) is 0 Å². The van der Waals surface area contributed by atoms with Crippen molar-refractivity contribution in [2.75, 3.05) is 0 Å². The minimum absolute atomic E-state index is 0.519. The molecule has 1 aromatic carbocycles. The van der Waals surface area contributed by atoms with E-state index in [0.717, 1.165) is 17.3 Å². The third-order valence-corrected chi connectivity index (χ3v) is 4.44. The zero-order valence-electron chi connectivity index (χ0n) is 11.6. The molecular formula is C14H18BrN3OS. The number of hydrogen-bond donors (Lipinski definition) is 1. The van der Waals surface area contributed by atoms with Gasteiger partial charge in [-0.15, -0.1) is 11.8 Å². The summed E-state index contributed by atoms with van der Waals surface area (Å²) in [6.07, 6.45) is 1.81. The quantitative estimate of drug-likeness (QED) is 0.790. The Hall–Kier alpha value is -0.850. The molecule has 4 nitrogen and oxygen atoms in total. The number of halogens is 1. The van der Waals surface area contributed by atoms with Crippen molar-refractivity contribution < 1.29 is 4.52 Å². The summed E-state index contributed by atoms with van der Waals surface area (Å²) in [6, 6.07) is 8.14. The van der Waals surface area contributed by atoms with Gasteiger partial charge in [-0.25, -0.2) is 0 Å². The summed E-state index contributed by atoms with van der Waals surface area (Å²) in [5.41, 5.74) is 5.64. The Morgan fingerprint density at radius 2 is 2.05 bits per heavy atom. The fraction of sp³-hybridized carbons (Fsp3) is 0.429. The zero-order chi connectivity index (χ0) is 14.6. The van der Waals surface area contributed by atoms with Crippen molar-refractivity contribution in [1.82, 2.24) is 10.1 Å². The van der Waals surface area contributed by atoms with Gasteiger partial charge in [0.2, 0.25) is 5.89 Å². The smallest absolute Gasteiger partial charge is 0.246 e. The van der Waals surface area contributed by atoms with Crippen LogP contribution in [0.2, 0.25) is 0 Å². The van der Waals surface area contributed by atoms with Crippen LogP contribution in [0.3, 0.4) is 0 Å². The Morgan fingerprint density at radius 1 is 1.35 bits per heavy atom. The molecule has 1 unspecified atom stereocenters. The Kier molecular flexibility index (Phi) is 5.23. The van der Waals surface area contributed by atoms with Crippen molar-refractivity contribution in [2.45, 2.75) is 42.9 Å². The van der Waals surface area contributed by atoms with Crippen molar-refractivity contribution in [3.8, 4) is 0 Å². The first-order valence-corrected chi connectivity index (χ1v) is 8.29. The maximum absolute atomic E-state index is 6.18. The first-order chi connectivity index (χ1) is 9.51. The van der Waals surface area contributed by atoms with Gasteiger partial charge in [0.1, 0.15) is 0 Å². The second kappa shape index (κ2) is 6.74. The lowest BCUT2D eigenvalue weighted by molar-refractivity contribution is 0.282. The summed E-state index contributed by atoms with van der Waals surface area (Å²) in [7, 11) is 0. The Morgan fingerprint density at radius 3 is 2.70 bits per heavy atom. The SMILES string of the molecule is CCCC(C)(N)c1nc(CSc2ccc(Br)cc2)no1. The zero-order valence-corrected chi connectivity index (χ0v) is 14.0. The van der Waals surface area contributed by atoms with Crippen molar-refractivity contribution in [2.24, 2.45) is 5.73 Å². The second-order valence-electron chi connectivity index (χ2n) is 4.93. The first-order valence-electron chi connectivity index (χ1n) is 6.51. The van der Waals surface area contributed by atoms with E-state index in [-0.39, 0.29) is 0 Å². The van der Waals surface area contributed by atoms with E-state index in [9.17, 15) is 0 Å². The third kappa shape index (κ3) is 4.07. The molecule has 0 fully saturated rings. The highest BCUT2D eigenvalue weighted by atomic mass is 79.9. The van der Waals surface area contributed by atoms with Gasteiger partial charge in [-0.05, 0) is 37.6 Å². The van der Waals surface area contributed by atoms with Gasteiger partial charge in [-0.1, -0.05) is 34.4 Å². The molecule has 20 heavy (non-hydrogen) atoms. The maximum atomic E-state index is 6.18. The number of rotatable bonds is 6. The lowest BCUT2D eigenvalue weighted by Crippen LogP contribution is -2.33. The van der Waals surface area contributed by atoms with Crippen LogP contribution in [0.5, 0.6) is 0 Å². The van der Waals surface area contributed by atoms with Crippen LogP contribution in [-0.2, 0) is 11.3 Å². The average Bonchev–Trinajstić information content (AvgIpc) is 2.88. The molecule has 0 aliphatic carbocycles. The van der Waals surface area contributed by atoms with Crippen LogP contribution in [0.25, 0.3) is 0 Å². The fourth-order valence-corrected chi connectivity index (χ4v) is 2.86. The van der Waals surface area contributed by atoms with Gasteiger partial charge in [-0.2, -0.15) is 4.98 Å². The Balaban J connectivity index is 1.97. The minimum atomic E-state index is -0.539. The standard InChI is InChI=1S/C14H18BrN3OS/c1-3-8-14(2,16)13-17-12(18-19-13)9-20-11-6-4-10(15)5-7-11/h4-7H,3,8-9,16H2,1-2H3. The molecule has 2 aromatic rings. The number of nitrogens with zero attached hydrogens (tertiary/aromatic N) is 2. The highest BCUT2D eigenvalue weighted by molar-refractivity contribution is 9.10. The molecule has 0 radical (unpaired) electrons. The highest BCUT2D eigenvalue weighted by Crippen LogP contribution is 2.25. The number of hydrogen-bond acceptors (Lipinski definition) is 5. The topological polar surface area (TPSA) is 64.9 Å². The normalized spacial score (nSPS) is 14.2. The predicted octanol–water partition coefficient (Wildman–Crippen LogP) is 4.10. The largest absolute Gasteiger partial charge is 0.337 e. The van der Waals surface area contributed by atoms with Crippen LogP contribution in [0.1, 0.15) is 38.4 Å². The molecular weight excluding hydrogens is 338 g/mol. The van der Waals surface area contributed by atoms with Crippen molar-refractivity contribution in [1.29, 1.82) is 0 Å². The van der Waals surface area contributed by atoms with Gasteiger partial charge >= 0.3 is 0 Å². The molecule has 0 bridgehead atoms. The van der Waals surface area contributed by atoms with E-state index >= 15 is 0 Å². The van der Waals surface area contributed by atoms with Crippen LogP contribution in [-0.4, -0.2) is 10.1 Å². The summed E-state index contributed by atoms with van der Waals surface area (Å²) in [4.78, 5) is 5.57. The van der Waals surface area contributed by atoms with E-state index in [1.165, 1.54) is 4.90 Å². The third-order valence-electron chi connectivity index (χ3n) is 2.91. The van der Waals surface area contributed by atoms with Gasteiger partial charge in [0, 0.05) is 9.37 Å². The van der Waals surface area contributed by atoms with Crippen molar-refractivity contribution in [3.05, 3.63) is 40.5 Å². The number of benzene rings is 1. The molecule has 0 aliphatic rings. The highest BCUT2D eigenvalue weighted by Gasteiger charge is 2.27. The number of nitrogens with two attached hydrogens (primary N) is 1. The molecule has 2 N–H and O–H groups in total. The van der Waals surface area contributed by atoms with Crippen LogP contribution >= 0.6 is 27.7 Å². The predicted molar refractivity (Wildman–Crippen MR) is 84.4 cm³/mol. The van der Waals surface area contributed by atoms with E-state index < -0.39 is 5.54 Å². The average molecular weight is 356 g/mol. The molecule has 0 saturated carbocycles. The maximum Gasteiger partial charge on any atom is 0.246 e. The summed E-state index contributed by atoms with van der Waals surface area (Å²) in [6.45, 7) is 4.02. The number of thioether (sulfide) groups is 1. The molecule has 6 heteroatoms. The fourth-order valence-electron chi connectivity index (χ4n) is 1.85. The van der Waals surface area contributed by atoms with Gasteiger partial charge < -0.3 is 10.3 Å². The lowest BCUT2D eigenvalue weighted by atomic mass is 9.98. The monoisotopic (exact) mass is 355 g/mol. The van der Waals surface area contributed by atoms with E-state index in [4.69, 9.17) is 10.3 Å². The molecule has 1 atom stereocenters. The van der Waals surface area contributed by atoms with Crippen LogP contribution in [0.4, 0.5) is 0 Å². The van der Waals surface area contributed by atoms with Crippen LogP contribution in [0.15, 0.2) is 38.2 Å². The minimum Gasteiger partial charge on any atom is -0.337 e. The second-order valence-corrected chi connectivity index (χ2v) is 6.89. The summed E-state index contributed by atoms with van der Waals surface area (Å²) in [5, 5.41) is 4.00. The summed E-state index contributed by atoms with van der Waals surface area (Å²) < 4.78 is 6.35. The first kappa shape index (κ1) is 15.5. The van der Waals surface area contributed by atoms with Gasteiger partial charge in [0.05, 0.1) is 11.3 Å². The Bertz CT molecular complexity index is 554. The van der Waals surface area contributed by atoms with Gasteiger partial charge in [0.25, 0.3) is 0 Å².